The van der Waals surface area contributed by atoms with Gasteiger partial charge in [-0.3, -0.25) is 0 Å². The maximum atomic E-state index is 6.51. The molecule has 2 aliphatic rings. The van der Waals surface area contributed by atoms with E-state index in [0.717, 1.165) is 44.7 Å². The first kappa shape index (κ1) is 33.8. The van der Waals surface area contributed by atoms with Gasteiger partial charge in [0.05, 0.1) is 17.9 Å². The van der Waals surface area contributed by atoms with Gasteiger partial charge in [-0.05, 0) is 57.7 Å². The molecule has 0 bridgehead atoms. The Kier molecular flexibility index (Phi) is 8.68. The third-order valence-corrected chi connectivity index (χ3v) is 9.47. The van der Waals surface area contributed by atoms with Gasteiger partial charge in [-0.15, -0.1) is 41.3 Å². The Hall–Kier alpha value is -4.73. The van der Waals surface area contributed by atoms with Gasteiger partial charge in [0.1, 0.15) is 5.82 Å². The minimum absolute atomic E-state index is 0. The predicted octanol–water partition coefficient (Wildman–Crippen LogP) is 10.3. The van der Waals surface area contributed by atoms with E-state index in [4.69, 9.17) is 9.73 Å². The fourth-order valence-electron chi connectivity index (χ4n) is 6.81. The zero-order chi connectivity index (χ0) is 33.9. The van der Waals surface area contributed by atoms with E-state index in [0.29, 0.717) is 11.5 Å². The molecule has 254 valence electrons. The summed E-state index contributed by atoms with van der Waals surface area (Å²) in [5, 5.41) is 2.24. The summed E-state index contributed by atoms with van der Waals surface area (Å²) in [7, 11) is 0. The average Bonchev–Trinajstić information content (AvgIpc) is 3.64. The van der Waals surface area contributed by atoms with Crippen molar-refractivity contribution in [3.05, 3.63) is 150 Å². The monoisotopic (exact) mass is 835 g/mol. The molecule has 0 radical (unpaired) electrons. The van der Waals surface area contributed by atoms with E-state index in [1.165, 1.54) is 11.1 Å². The summed E-state index contributed by atoms with van der Waals surface area (Å²) in [4.78, 5) is 12.3. The number of aromatic nitrogens is 2. The van der Waals surface area contributed by atoms with Gasteiger partial charge in [-0.2, -0.15) is 6.07 Å². The molecule has 2 unspecified atom stereocenters. The molecule has 2 atom stereocenters. The number of anilines is 1. The number of ether oxygens (including phenoxy) is 1. The van der Waals surface area contributed by atoms with Crippen LogP contribution in [0.1, 0.15) is 58.2 Å². The molecule has 6 aromatic rings. The number of hydrogen-bond acceptors (Lipinski definition) is 4. The molecule has 1 aliphatic heterocycles. The Morgan fingerprint density at radius 1 is 0.700 bits per heavy atom. The molecule has 3 heterocycles. The summed E-state index contributed by atoms with van der Waals surface area (Å²) in [6.45, 7) is 13.7. The second-order valence-corrected chi connectivity index (χ2v) is 15.0. The normalized spacial score (nSPS) is 17.2. The van der Waals surface area contributed by atoms with Gasteiger partial charge in [0.15, 0.2) is 0 Å². The fraction of sp³-hybridized carbons (Fsp3) is 0.227. The molecule has 0 N–H and O–H groups in total. The van der Waals surface area contributed by atoms with Gasteiger partial charge < -0.3 is 19.2 Å². The molecule has 50 heavy (non-hydrogen) atoms. The van der Waals surface area contributed by atoms with E-state index in [1.54, 1.807) is 0 Å². The van der Waals surface area contributed by atoms with Gasteiger partial charge in [0, 0.05) is 50.0 Å². The van der Waals surface area contributed by atoms with Crippen molar-refractivity contribution in [2.24, 2.45) is 4.99 Å². The molecular formula is C44H40N4OPt-2. The van der Waals surface area contributed by atoms with Crippen LogP contribution in [0.15, 0.2) is 126 Å². The largest absolute Gasteiger partial charge is 0.503 e. The third kappa shape index (κ3) is 6.13. The van der Waals surface area contributed by atoms with Crippen LogP contribution in [0, 0.1) is 12.1 Å². The molecule has 4 aromatic carbocycles. The number of hydrogen-bond donors (Lipinski definition) is 0. The average molecular weight is 836 g/mol. The van der Waals surface area contributed by atoms with Crippen LogP contribution in [0.25, 0.3) is 27.6 Å². The van der Waals surface area contributed by atoms with Gasteiger partial charge in [0.25, 0.3) is 0 Å². The molecule has 5 nitrogen and oxygen atoms in total. The van der Waals surface area contributed by atoms with Crippen molar-refractivity contribution >= 4 is 33.3 Å². The third-order valence-electron chi connectivity index (χ3n) is 9.47. The van der Waals surface area contributed by atoms with Crippen molar-refractivity contribution in [3.63, 3.8) is 0 Å². The molecule has 0 saturated carbocycles. The summed E-state index contributed by atoms with van der Waals surface area (Å²) in [6, 6.07) is 38.7. The minimum Gasteiger partial charge on any atom is -0.503 e. The minimum atomic E-state index is -0.00544. The predicted molar refractivity (Wildman–Crippen MR) is 201 cm³/mol. The Morgan fingerprint density at radius 2 is 1.42 bits per heavy atom. The summed E-state index contributed by atoms with van der Waals surface area (Å²) in [6.07, 6.45) is 10.5. The first-order valence-electron chi connectivity index (χ1n) is 17.0. The van der Waals surface area contributed by atoms with Crippen molar-refractivity contribution in [2.45, 2.75) is 64.5 Å². The quantitative estimate of drug-likeness (QED) is 0.163. The van der Waals surface area contributed by atoms with Crippen LogP contribution in [-0.4, -0.2) is 27.5 Å². The molecule has 1 aliphatic carbocycles. The van der Waals surface area contributed by atoms with E-state index in [9.17, 15) is 0 Å². The molecule has 0 fully saturated rings. The Morgan fingerprint density at radius 3 is 2.16 bits per heavy atom. The van der Waals surface area contributed by atoms with Gasteiger partial charge >= 0.3 is 0 Å². The van der Waals surface area contributed by atoms with Crippen LogP contribution in [0.3, 0.4) is 0 Å². The summed E-state index contributed by atoms with van der Waals surface area (Å²) in [5.41, 5.74) is 6.62. The van der Waals surface area contributed by atoms with Crippen molar-refractivity contribution in [2.75, 3.05) is 4.90 Å². The van der Waals surface area contributed by atoms with E-state index in [1.807, 2.05) is 42.6 Å². The van der Waals surface area contributed by atoms with Crippen molar-refractivity contribution in [1.29, 1.82) is 0 Å². The zero-order valence-corrected chi connectivity index (χ0v) is 31.5. The van der Waals surface area contributed by atoms with E-state index >= 15 is 0 Å². The summed E-state index contributed by atoms with van der Waals surface area (Å²) >= 11 is 0. The van der Waals surface area contributed by atoms with E-state index < -0.39 is 0 Å². The van der Waals surface area contributed by atoms with Crippen LogP contribution in [0.2, 0.25) is 0 Å². The van der Waals surface area contributed by atoms with E-state index in [-0.39, 0.29) is 44.0 Å². The van der Waals surface area contributed by atoms with Crippen LogP contribution >= 0.6 is 0 Å². The number of aliphatic imine (C=N–C) groups is 1. The molecule has 0 spiro atoms. The van der Waals surface area contributed by atoms with Crippen molar-refractivity contribution < 1.29 is 25.8 Å². The Labute approximate surface area is 309 Å². The van der Waals surface area contributed by atoms with Gasteiger partial charge in [-0.25, -0.2) is 4.98 Å². The maximum Gasteiger partial charge on any atom is 0.135 e. The summed E-state index contributed by atoms with van der Waals surface area (Å²) in [5.74, 6) is 2.94. The number of allylic oxidation sites excluding steroid dienone is 2. The van der Waals surface area contributed by atoms with E-state index in [2.05, 4.69) is 147 Å². The van der Waals surface area contributed by atoms with Gasteiger partial charge in [-0.1, -0.05) is 108 Å². The number of nitrogens with zero attached hydrogens (tertiary/aromatic N) is 4. The van der Waals surface area contributed by atoms with Crippen LogP contribution in [0.4, 0.5) is 5.69 Å². The molecular weight excluding hydrogens is 796 g/mol. The van der Waals surface area contributed by atoms with Gasteiger partial charge in [0.2, 0.25) is 0 Å². The number of fused-ring (bicyclic) bond motifs is 4. The van der Waals surface area contributed by atoms with Crippen LogP contribution in [-0.2, 0) is 31.9 Å². The number of para-hydroxylation sites is 1. The standard InChI is InChI=1S/C44H40N4O.Pt/c1-43(2,3)30-25-31(44(4,5)6)27-32(26-30)47-39-19-10-8-17-37(39)46-42(47)29-14-13-15-33(24-29)49-34-21-22-36-35-16-7-9-18-38(35)48(40(36)28-34)41-20-11-12-23-45-41;/h7-23,25-27,37,39H,1-6H3;/q-2;. The Balaban J connectivity index is 0.00000392. The number of amidine groups is 1. The molecule has 2 aromatic heterocycles. The molecule has 8 rings (SSSR count). The second-order valence-electron chi connectivity index (χ2n) is 15.0. The Bertz CT molecular complexity index is 2270. The molecule has 6 heteroatoms. The van der Waals surface area contributed by atoms with Crippen LogP contribution in [0.5, 0.6) is 11.5 Å². The van der Waals surface area contributed by atoms with Crippen molar-refractivity contribution in [3.8, 4) is 17.3 Å². The van der Waals surface area contributed by atoms with Crippen LogP contribution < -0.4 is 9.64 Å². The fourth-order valence-corrected chi connectivity index (χ4v) is 6.81. The first-order valence-corrected chi connectivity index (χ1v) is 17.0. The second kappa shape index (κ2) is 12.9. The van der Waals surface area contributed by atoms with Crippen molar-refractivity contribution in [1.82, 2.24) is 9.55 Å². The molecule has 0 amide bonds. The summed E-state index contributed by atoms with van der Waals surface area (Å²) < 4.78 is 8.66. The number of benzene rings is 4. The smallest absolute Gasteiger partial charge is 0.135 e. The number of pyridine rings is 1. The topological polar surface area (TPSA) is 42.6 Å². The zero-order valence-electron chi connectivity index (χ0n) is 29.2. The number of rotatable bonds is 5. The molecule has 0 saturated heterocycles. The SMILES string of the molecule is CC(C)(C)c1cc(N2C(c3[c-]c(Oc4[c-]c5c(cc4)c4ccccc4n5-c4ccccn4)ccc3)=NC3C=CC=CC32)cc(C(C)(C)C)c1.[Pt]. The first-order chi connectivity index (χ1) is 23.5. The maximum absolute atomic E-state index is 6.51.